The van der Waals surface area contributed by atoms with Crippen molar-refractivity contribution in [3.05, 3.63) is 54.2 Å². The summed E-state index contributed by atoms with van der Waals surface area (Å²) in [7, 11) is 4.76. The SMILES string of the molecule is COc1cccc(CCC(=O)Nc2oncc2-c2ccc(OC)c(OC)c2)c1. The number of nitrogens with one attached hydrogen (secondary N) is 1. The fraction of sp³-hybridized carbons (Fsp3) is 0.238. The Morgan fingerprint density at radius 1 is 1.04 bits per heavy atom. The maximum Gasteiger partial charge on any atom is 0.239 e. The number of carbonyl (C=O) groups is 1. The fourth-order valence-electron chi connectivity index (χ4n) is 2.81. The van der Waals surface area contributed by atoms with E-state index in [1.54, 1.807) is 39.7 Å². The lowest BCUT2D eigenvalue weighted by atomic mass is 10.1. The molecule has 3 aromatic rings. The molecule has 1 N–H and O–H groups in total. The van der Waals surface area contributed by atoms with Crippen molar-refractivity contribution in [3.8, 4) is 28.4 Å². The van der Waals surface area contributed by atoms with Crippen molar-refractivity contribution in [2.24, 2.45) is 0 Å². The lowest BCUT2D eigenvalue weighted by molar-refractivity contribution is -0.116. The number of methoxy groups -OCH3 is 3. The summed E-state index contributed by atoms with van der Waals surface area (Å²) >= 11 is 0. The molecule has 0 aliphatic rings. The molecule has 1 amide bonds. The molecule has 0 saturated carbocycles. The molecule has 0 atom stereocenters. The average Bonchev–Trinajstić information content (AvgIpc) is 3.19. The Balaban J connectivity index is 1.69. The summed E-state index contributed by atoms with van der Waals surface area (Å²) in [5.41, 5.74) is 2.48. The number of rotatable bonds is 8. The number of hydrogen-bond donors (Lipinski definition) is 1. The molecular formula is C21H22N2O5. The van der Waals surface area contributed by atoms with Crippen LogP contribution in [0.4, 0.5) is 5.88 Å². The van der Waals surface area contributed by atoms with Crippen LogP contribution in [-0.4, -0.2) is 32.4 Å². The lowest BCUT2D eigenvalue weighted by Gasteiger charge is -2.09. The molecule has 3 rings (SSSR count). The van der Waals surface area contributed by atoms with Gasteiger partial charge in [-0.15, -0.1) is 0 Å². The van der Waals surface area contributed by atoms with Crippen molar-refractivity contribution in [1.82, 2.24) is 5.16 Å². The summed E-state index contributed by atoms with van der Waals surface area (Å²) in [6, 6.07) is 13.1. The fourth-order valence-corrected chi connectivity index (χ4v) is 2.81. The van der Waals surface area contributed by atoms with Crippen LogP contribution in [0.15, 0.2) is 53.2 Å². The molecule has 7 heteroatoms. The normalized spacial score (nSPS) is 10.4. The van der Waals surface area contributed by atoms with Gasteiger partial charge in [-0.05, 0) is 41.8 Å². The smallest absolute Gasteiger partial charge is 0.239 e. The van der Waals surface area contributed by atoms with Crippen molar-refractivity contribution < 1.29 is 23.5 Å². The van der Waals surface area contributed by atoms with E-state index in [2.05, 4.69) is 10.5 Å². The zero-order valence-electron chi connectivity index (χ0n) is 16.0. The van der Waals surface area contributed by atoms with Crippen LogP contribution in [-0.2, 0) is 11.2 Å². The molecule has 0 saturated heterocycles. The molecule has 1 aromatic heterocycles. The van der Waals surface area contributed by atoms with E-state index in [-0.39, 0.29) is 5.91 Å². The van der Waals surface area contributed by atoms with Crippen LogP contribution in [0.3, 0.4) is 0 Å². The van der Waals surface area contributed by atoms with Gasteiger partial charge in [-0.25, -0.2) is 0 Å². The van der Waals surface area contributed by atoms with Gasteiger partial charge >= 0.3 is 0 Å². The maximum absolute atomic E-state index is 12.4. The Labute approximate surface area is 163 Å². The second kappa shape index (κ2) is 8.94. The molecule has 0 aliphatic heterocycles. The first-order valence-electron chi connectivity index (χ1n) is 8.74. The van der Waals surface area contributed by atoms with Crippen molar-refractivity contribution in [2.45, 2.75) is 12.8 Å². The van der Waals surface area contributed by atoms with Crippen LogP contribution in [0.5, 0.6) is 17.2 Å². The summed E-state index contributed by atoms with van der Waals surface area (Å²) in [5.74, 6) is 2.09. The largest absolute Gasteiger partial charge is 0.497 e. The van der Waals surface area contributed by atoms with Crippen molar-refractivity contribution in [3.63, 3.8) is 0 Å². The minimum absolute atomic E-state index is 0.165. The molecule has 1 heterocycles. The highest BCUT2D eigenvalue weighted by atomic mass is 16.5. The van der Waals surface area contributed by atoms with Crippen molar-refractivity contribution in [1.29, 1.82) is 0 Å². The second-order valence-corrected chi connectivity index (χ2v) is 6.04. The quantitative estimate of drug-likeness (QED) is 0.635. The van der Waals surface area contributed by atoms with Gasteiger partial charge in [-0.1, -0.05) is 23.4 Å². The maximum atomic E-state index is 12.4. The van der Waals surface area contributed by atoms with Gasteiger partial charge in [0.25, 0.3) is 0 Å². The molecular weight excluding hydrogens is 360 g/mol. The predicted molar refractivity (Wildman–Crippen MR) is 105 cm³/mol. The highest BCUT2D eigenvalue weighted by Crippen LogP contribution is 2.35. The molecule has 7 nitrogen and oxygen atoms in total. The third-order valence-electron chi connectivity index (χ3n) is 4.29. The van der Waals surface area contributed by atoms with Crippen LogP contribution in [0.25, 0.3) is 11.1 Å². The lowest BCUT2D eigenvalue weighted by Crippen LogP contribution is -2.12. The topological polar surface area (TPSA) is 82.8 Å². The molecule has 146 valence electrons. The van der Waals surface area contributed by atoms with Crippen LogP contribution >= 0.6 is 0 Å². The van der Waals surface area contributed by atoms with E-state index in [9.17, 15) is 4.79 Å². The standard InChI is InChI=1S/C21H22N2O5/c1-25-16-6-4-5-14(11-16)7-10-20(24)23-21-17(13-22-28-21)15-8-9-18(26-2)19(12-15)27-3/h4-6,8-9,11-13H,7,10H2,1-3H3,(H,23,24). The highest BCUT2D eigenvalue weighted by Gasteiger charge is 2.15. The Morgan fingerprint density at radius 3 is 2.61 bits per heavy atom. The number of nitrogens with zero attached hydrogens (tertiary/aromatic N) is 1. The van der Waals surface area contributed by atoms with E-state index in [1.807, 2.05) is 30.3 Å². The molecule has 0 unspecified atom stereocenters. The zero-order valence-corrected chi connectivity index (χ0v) is 16.0. The molecule has 2 aromatic carbocycles. The average molecular weight is 382 g/mol. The summed E-state index contributed by atoms with van der Waals surface area (Å²) in [4.78, 5) is 12.4. The number of carbonyl (C=O) groups excluding carboxylic acids is 1. The molecule has 0 bridgehead atoms. The first kappa shape index (κ1) is 19.3. The number of benzene rings is 2. The number of ether oxygens (including phenoxy) is 3. The Morgan fingerprint density at radius 2 is 1.86 bits per heavy atom. The van der Waals surface area contributed by atoms with Crippen LogP contribution in [0.1, 0.15) is 12.0 Å². The second-order valence-electron chi connectivity index (χ2n) is 6.04. The number of aromatic nitrogens is 1. The van der Waals surface area contributed by atoms with Crippen LogP contribution in [0, 0.1) is 0 Å². The predicted octanol–water partition coefficient (Wildman–Crippen LogP) is 3.94. The van der Waals surface area contributed by atoms with Crippen molar-refractivity contribution >= 4 is 11.8 Å². The molecule has 0 fully saturated rings. The van der Waals surface area contributed by atoms with E-state index in [4.69, 9.17) is 18.7 Å². The number of hydrogen-bond acceptors (Lipinski definition) is 6. The van der Waals surface area contributed by atoms with Gasteiger partial charge in [0.1, 0.15) is 5.75 Å². The van der Waals surface area contributed by atoms with E-state index >= 15 is 0 Å². The molecule has 0 aliphatic carbocycles. The monoisotopic (exact) mass is 382 g/mol. The first-order chi connectivity index (χ1) is 13.6. The van der Waals surface area contributed by atoms with Gasteiger partial charge in [-0.2, -0.15) is 0 Å². The summed E-state index contributed by atoms with van der Waals surface area (Å²) in [6.07, 6.45) is 2.45. The third kappa shape index (κ3) is 4.43. The molecule has 0 spiro atoms. The van der Waals surface area contributed by atoms with Gasteiger partial charge in [-0.3, -0.25) is 10.1 Å². The minimum atomic E-state index is -0.165. The third-order valence-corrected chi connectivity index (χ3v) is 4.29. The van der Waals surface area contributed by atoms with Gasteiger partial charge in [0.2, 0.25) is 11.8 Å². The van der Waals surface area contributed by atoms with Crippen LogP contribution in [0.2, 0.25) is 0 Å². The van der Waals surface area contributed by atoms with Crippen molar-refractivity contribution in [2.75, 3.05) is 26.6 Å². The Bertz CT molecular complexity index is 951. The zero-order chi connectivity index (χ0) is 19.9. The number of amides is 1. The highest BCUT2D eigenvalue weighted by molar-refractivity contribution is 5.93. The van der Waals surface area contributed by atoms with Gasteiger partial charge in [0.05, 0.1) is 33.1 Å². The number of anilines is 1. The summed E-state index contributed by atoms with van der Waals surface area (Å²) in [6.45, 7) is 0. The van der Waals surface area contributed by atoms with Gasteiger partial charge in [0, 0.05) is 6.42 Å². The van der Waals surface area contributed by atoms with Gasteiger partial charge < -0.3 is 18.7 Å². The molecule has 28 heavy (non-hydrogen) atoms. The summed E-state index contributed by atoms with van der Waals surface area (Å²) < 4.78 is 21.0. The van der Waals surface area contributed by atoms with E-state index < -0.39 is 0 Å². The summed E-state index contributed by atoms with van der Waals surface area (Å²) in [5, 5.41) is 6.59. The minimum Gasteiger partial charge on any atom is -0.497 e. The van der Waals surface area contributed by atoms with Crippen LogP contribution < -0.4 is 19.5 Å². The van der Waals surface area contributed by atoms with E-state index in [0.717, 1.165) is 16.9 Å². The Kier molecular flexibility index (Phi) is 6.16. The van der Waals surface area contributed by atoms with E-state index in [0.29, 0.717) is 35.8 Å². The van der Waals surface area contributed by atoms with E-state index in [1.165, 1.54) is 0 Å². The van der Waals surface area contributed by atoms with Gasteiger partial charge in [0.15, 0.2) is 11.5 Å². The number of aryl methyl sites for hydroxylation is 1. The first-order valence-corrected chi connectivity index (χ1v) is 8.74. The Hall–Kier alpha value is -3.48. The molecule has 0 radical (unpaired) electrons.